The Hall–Kier alpha value is 1.03. The van der Waals surface area contributed by atoms with Crippen LogP contribution in [0.2, 0.25) is 0 Å². The molecule has 0 aromatic rings. The van der Waals surface area contributed by atoms with Crippen LogP contribution in [0.15, 0.2) is 0 Å². The molecule has 0 fully saturated rings. The Labute approximate surface area is 93.5 Å². The summed E-state index contributed by atoms with van der Waals surface area (Å²) in [5.41, 5.74) is 10.00. The molecule has 0 aromatic carbocycles. The largest absolute Gasteiger partial charge is 1.00 e. The van der Waals surface area contributed by atoms with Crippen molar-refractivity contribution < 1.29 is 48.1 Å². The number of hydrogen-bond acceptors (Lipinski definition) is 6. The number of nitrogens with two attached hydrogens (primary N) is 2. The molecule has 6 nitrogen and oxygen atoms in total. The molecule has 0 aliphatic carbocycles. The van der Waals surface area contributed by atoms with E-state index in [2.05, 4.69) is 9.05 Å². The number of hydrogen-bond donors (Lipinski definition) is 2. The predicted molar refractivity (Wildman–Crippen MR) is 37.6 cm³/mol. The van der Waals surface area contributed by atoms with Gasteiger partial charge >= 0.3 is 29.6 Å². The quantitative estimate of drug-likeness (QED) is 0.334. The molecule has 0 aliphatic rings. The molecule has 0 saturated carbocycles. The van der Waals surface area contributed by atoms with Crippen LogP contribution in [0.3, 0.4) is 0 Å². The fourth-order valence-electron chi connectivity index (χ4n) is 0.366. The summed E-state index contributed by atoms with van der Waals surface area (Å²) in [6.45, 7) is 0.146. The van der Waals surface area contributed by atoms with Gasteiger partial charge in [-0.2, -0.15) is 0 Å². The zero-order valence-corrected chi connectivity index (χ0v) is 9.96. The number of phosphoric ester groups is 1. The molecular formula is C4H12N2NaO4P. The van der Waals surface area contributed by atoms with Crippen LogP contribution in [-0.2, 0) is 13.6 Å². The first-order chi connectivity index (χ1) is 5.12. The smallest absolute Gasteiger partial charge is 0.756 e. The van der Waals surface area contributed by atoms with Crippen LogP contribution < -0.4 is 45.9 Å². The second kappa shape index (κ2) is 8.62. The fourth-order valence-corrected chi connectivity index (χ4v) is 1.10. The third-order valence-electron chi connectivity index (χ3n) is 0.735. The zero-order valence-electron chi connectivity index (χ0n) is 7.06. The minimum Gasteiger partial charge on any atom is -0.756 e. The van der Waals surface area contributed by atoms with Gasteiger partial charge in [0.05, 0.1) is 13.2 Å². The summed E-state index contributed by atoms with van der Waals surface area (Å²) in [6, 6.07) is 0. The van der Waals surface area contributed by atoms with Gasteiger partial charge in [-0.3, -0.25) is 4.57 Å². The van der Waals surface area contributed by atoms with Gasteiger partial charge < -0.3 is 25.4 Å². The molecule has 0 amide bonds. The molecule has 0 bridgehead atoms. The Balaban J connectivity index is 0. The average molecular weight is 206 g/mol. The summed E-state index contributed by atoms with van der Waals surface area (Å²) in [6.07, 6.45) is 0. The molecule has 0 aromatic heterocycles. The van der Waals surface area contributed by atoms with Crippen molar-refractivity contribution in [2.45, 2.75) is 0 Å². The third kappa shape index (κ3) is 9.12. The van der Waals surface area contributed by atoms with Gasteiger partial charge in [0.1, 0.15) is 0 Å². The molecule has 12 heavy (non-hydrogen) atoms. The van der Waals surface area contributed by atoms with Gasteiger partial charge in [0.15, 0.2) is 0 Å². The molecule has 0 radical (unpaired) electrons. The van der Waals surface area contributed by atoms with Crippen LogP contribution >= 0.6 is 7.82 Å². The van der Waals surface area contributed by atoms with Crippen LogP contribution in [0.25, 0.3) is 0 Å². The maximum absolute atomic E-state index is 10.6. The maximum atomic E-state index is 10.6. The fraction of sp³-hybridized carbons (Fsp3) is 1.00. The van der Waals surface area contributed by atoms with Gasteiger partial charge in [0.25, 0.3) is 7.82 Å². The van der Waals surface area contributed by atoms with E-state index in [1.807, 2.05) is 0 Å². The van der Waals surface area contributed by atoms with Crippen molar-refractivity contribution in [1.82, 2.24) is 0 Å². The van der Waals surface area contributed by atoms with E-state index in [-0.39, 0.29) is 55.9 Å². The van der Waals surface area contributed by atoms with E-state index in [1.54, 1.807) is 0 Å². The van der Waals surface area contributed by atoms with E-state index in [0.717, 1.165) is 0 Å². The van der Waals surface area contributed by atoms with Crippen molar-refractivity contribution in [3.8, 4) is 0 Å². The predicted octanol–water partition coefficient (Wildman–Crippen LogP) is -4.59. The maximum Gasteiger partial charge on any atom is 1.00 e. The first kappa shape index (κ1) is 15.5. The Kier molecular flexibility index (Phi) is 11.1. The summed E-state index contributed by atoms with van der Waals surface area (Å²) in [4.78, 5) is 10.6. The molecule has 0 spiro atoms. The van der Waals surface area contributed by atoms with Crippen LogP contribution in [0.4, 0.5) is 0 Å². The Morgan fingerprint density at radius 2 is 1.50 bits per heavy atom. The van der Waals surface area contributed by atoms with Crippen LogP contribution in [0, 0.1) is 0 Å². The average Bonchev–Trinajstić information content (AvgIpc) is 1.97. The molecule has 0 rings (SSSR count). The molecule has 0 atom stereocenters. The summed E-state index contributed by atoms with van der Waals surface area (Å²) < 4.78 is 19.2. The zero-order chi connectivity index (χ0) is 8.74. The van der Waals surface area contributed by atoms with Crippen molar-refractivity contribution in [2.24, 2.45) is 11.5 Å². The molecule has 4 N–H and O–H groups in total. The van der Waals surface area contributed by atoms with E-state index < -0.39 is 7.82 Å². The van der Waals surface area contributed by atoms with E-state index >= 15 is 0 Å². The third-order valence-corrected chi connectivity index (χ3v) is 1.73. The van der Waals surface area contributed by atoms with Crippen LogP contribution in [-0.4, -0.2) is 26.3 Å². The summed E-state index contributed by atoms with van der Waals surface area (Å²) >= 11 is 0. The van der Waals surface area contributed by atoms with E-state index in [1.165, 1.54) is 0 Å². The van der Waals surface area contributed by atoms with Gasteiger partial charge in [-0.15, -0.1) is 0 Å². The van der Waals surface area contributed by atoms with Gasteiger partial charge in [-0.25, -0.2) is 0 Å². The standard InChI is InChI=1S/C4H13N2O4P.Na/c5-1-3-9-11(7,8)10-4-2-6;/h1-6H2,(H,7,8);/q;+1/p-1. The molecule has 0 unspecified atom stereocenters. The van der Waals surface area contributed by atoms with Crippen molar-refractivity contribution >= 4 is 7.82 Å². The van der Waals surface area contributed by atoms with Crippen molar-refractivity contribution in [3.63, 3.8) is 0 Å². The second-order valence-corrected chi connectivity index (χ2v) is 3.10. The monoisotopic (exact) mass is 206 g/mol. The van der Waals surface area contributed by atoms with Gasteiger partial charge in [-0.1, -0.05) is 0 Å². The first-order valence-corrected chi connectivity index (χ1v) is 4.58. The normalized spacial score (nSPS) is 10.9. The minimum atomic E-state index is -4.14. The second-order valence-electron chi connectivity index (χ2n) is 1.69. The van der Waals surface area contributed by atoms with Crippen LogP contribution in [0.1, 0.15) is 0 Å². The van der Waals surface area contributed by atoms with Gasteiger partial charge in [0, 0.05) is 13.1 Å². The Morgan fingerprint density at radius 1 is 1.17 bits per heavy atom. The summed E-state index contributed by atoms with van der Waals surface area (Å²) in [5, 5.41) is 0. The van der Waals surface area contributed by atoms with E-state index in [4.69, 9.17) is 11.5 Å². The van der Waals surface area contributed by atoms with Gasteiger partial charge in [-0.05, 0) is 0 Å². The minimum absolute atomic E-state index is 0. The number of rotatable bonds is 6. The molecule has 0 saturated heterocycles. The van der Waals surface area contributed by atoms with E-state index in [0.29, 0.717) is 0 Å². The van der Waals surface area contributed by atoms with Crippen molar-refractivity contribution in [3.05, 3.63) is 0 Å². The molecule has 68 valence electrons. The Morgan fingerprint density at radius 3 is 1.75 bits per heavy atom. The molecule has 0 heterocycles. The molecular weight excluding hydrogens is 194 g/mol. The van der Waals surface area contributed by atoms with Crippen LogP contribution in [0.5, 0.6) is 0 Å². The van der Waals surface area contributed by atoms with E-state index in [9.17, 15) is 9.46 Å². The molecule has 0 aliphatic heterocycles. The number of phosphoric acid groups is 1. The van der Waals surface area contributed by atoms with Gasteiger partial charge in [0.2, 0.25) is 0 Å². The Bertz CT molecular complexity index is 135. The van der Waals surface area contributed by atoms with Crippen molar-refractivity contribution in [2.75, 3.05) is 26.3 Å². The summed E-state index contributed by atoms with van der Waals surface area (Å²) in [5.74, 6) is 0. The van der Waals surface area contributed by atoms with Crippen molar-refractivity contribution in [1.29, 1.82) is 0 Å². The first-order valence-electron chi connectivity index (χ1n) is 3.12. The topological polar surface area (TPSA) is 111 Å². The summed E-state index contributed by atoms with van der Waals surface area (Å²) in [7, 11) is -4.14. The SMILES string of the molecule is NCCOP(=O)([O-])OCCN.[Na+]. The molecule has 8 heteroatoms.